The van der Waals surface area contributed by atoms with Crippen LogP contribution < -0.4 is 11.4 Å². The molecular formula is C8H14N4O2. The molecule has 6 nitrogen and oxygen atoms in total. The maximum Gasteiger partial charge on any atom is 0.349 e. The minimum atomic E-state index is -0.509. The third-order valence-electron chi connectivity index (χ3n) is 1.36. The van der Waals surface area contributed by atoms with Crippen molar-refractivity contribution in [2.45, 2.75) is 33.0 Å². The zero-order chi connectivity index (χ0) is 10.8. The van der Waals surface area contributed by atoms with Gasteiger partial charge in [0.05, 0.1) is 5.60 Å². The molecule has 1 aromatic heterocycles. The van der Waals surface area contributed by atoms with Crippen molar-refractivity contribution in [2.75, 3.05) is 5.73 Å². The van der Waals surface area contributed by atoms with Gasteiger partial charge < -0.3 is 10.5 Å². The van der Waals surface area contributed by atoms with Crippen molar-refractivity contribution in [3.63, 3.8) is 0 Å². The predicted octanol–water partition coefficient (Wildman–Crippen LogP) is 0.0622. The lowest BCUT2D eigenvalue weighted by Crippen LogP contribution is -2.23. The van der Waals surface area contributed by atoms with Gasteiger partial charge in [-0.25, -0.2) is 4.79 Å². The van der Waals surface area contributed by atoms with Gasteiger partial charge in [-0.1, -0.05) is 0 Å². The summed E-state index contributed by atoms with van der Waals surface area (Å²) in [5, 5.41) is 0. The molecule has 1 rings (SSSR count). The Labute approximate surface area is 81.5 Å². The fourth-order valence-electron chi connectivity index (χ4n) is 0.800. The Kier molecular flexibility index (Phi) is 2.85. The van der Waals surface area contributed by atoms with Gasteiger partial charge in [0.2, 0.25) is 5.95 Å². The average molecular weight is 198 g/mol. The van der Waals surface area contributed by atoms with Crippen LogP contribution in [-0.4, -0.2) is 20.6 Å². The van der Waals surface area contributed by atoms with Crippen molar-refractivity contribution in [2.24, 2.45) is 0 Å². The number of hydrogen-bond acceptors (Lipinski definition) is 5. The molecule has 0 spiro atoms. The van der Waals surface area contributed by atoms with E-state index in [1.807, 2.05) is 20.8 Å². The van der Waals surface area contributed by atoms with Crippen molar-refractivity contribution in [3.8, 4) is 0 Å². The average Bonchev–Trinajstić information content (AvgIpc) is 1.97. The van der Waals surface area contributed by atoms with Gasteiger partial charge in [0.1, 0.15) is 12.4 Å². The van der Waals surface area contributed by atoms with Gasteiger partial charge in [0.15, 0.2) is 0 Å². The topological polar surface area (TPSA) is 93.9 Å². The normalized spacial score (nSPS) is 11.6. The van der Waals surface area contributed by atoms with Crippen LogP contribution in [0.2, 0.25) is 0 Å². The van der Waals surface area contributed by atoms with Crippen LogP contribution in [-0.2, 0) is 11.3 Å². The highest BCUT2D eigenvalue weighted by Gasteiger charge is 2.11. The molecule has 0 saturated heterocycles. The van der Waals surface area contributed by atoms with Crippen molar-refractivity contribution in [1.29, 1.82) is 0 Å². The molecule has 0 aromatic carbocycles. The van der Waals surface area contributed by atoms with Crippen LogP contribution in [0.1, 0.15) is 26.6 Å². The summed E-state index contributed by atoms with van der Waals surface area (Å²) in [5.74, 6) is 0.346. The van der Waals surface area contributed by atoms with Gasteiger partial charge in [0, 0.05) is 0 Å². The standard InChI is InChI=1S/C8H14N4O2/c1-8(2,3)14-4-5-10-6(9)12-7(13)11-5/h4H2,1-3H3,(H3,9,10,11,12,13). The van der Waals surface area contributed by atoms with E-state index < -0.39 is 5.69 Å². The first-order valence-corrected chi connectivity index (χ1v) is 4.23. The summed E-state index contributed by atoms with van der Waals surface area (Å²) >= 11 is 0. The minimum Gasteiger partial charge on any atom is -0.368 e. The van der Waals surface area contributed by atoms with E-state index in [9.17, 15) is 4.79 Å². The Morgan fingerprint density at radius 2 is 2.07 bits per heavy atom. The number of nitrogens with zero attached hydrogens (tertiary/aromatic N) is 2. The van der Waals surface area contributed by atoms with E-state index in [1.165, 1.54) is 0 Å². The second-order valence-electron chi connectivity index (χ2n) is 3.86. The summed E-state index contributed by atoms with van der Waals surface area (Å²) in [4.78, 5) is 20.5. The van der Waals surface area contributed by atoms with E-state index in [4.69, 9.17) is 10.5 Å². The summed E-state index contributed by atoms with van der Waals surface area (Å²) in [5.41, 5.74) is 4.51. The molecule has 0 atom stereocenters. The lowest BCUT2D eigenvalue weighted by atomic mass is 10.2. The van der Waals surface area contributed by atoms with E-state index in [1.54, 1.807) is 0 Å². The summed E-state index contributed by atoms with van der Waals surface area (Å²) in [7, 11) is 0. The fraction of sp³-hybridized carbons (Fsp3) is 0.625. The van der Waals surface area contributed by atoms with Crippen molar-refractivity contribution >= 4 is 5.95 Å². The summed E-state index contributed by atoms with van der Waals surface area (Å²) in [6.07, 6.45) is 0. The van der Waals surface area contributed by atoms with Crippen LogP contribution in [0.3, 0.4) is 0 Å². The van der Waals surface area contributed by atoms with Gasteiger partial charge >= 0.3 is 5.69 Å². The smallest absolute Gasteiger partial charge is 0.349 e. The summed E-state index contributed by atoms with van der Waals surface area (Å²) in [6, 6.07) is 0. The third kappa shape index (κ3) is 3.53. The number of aromatic amines is 1. The number of nitrogens with two attached hydrogens (primary N) is 1. The Morgan fingerprint density at radius 1 is 1.43 bits per heavy atom. The van der Waals surface area contributed by atoms with E-state index in [0.29, 0.717) is 5.82 Å². The molecule has 0 bridgehead atoms. The van der Waals surface area contributed by atoms with Gasteiger partial charge in [-0.05, 0) is 20.8 Å². The zero-order valence-electron chi connectivity index (χ0n) is 8.50. The number of rotatable bonds is 2. The number of anilines is 1. The molecule has 0 aliphatic carbocycles. The molecule has 0 fully saturated rings. The largest absolute Gasteiger partial charge is 0.368 e. The van der Waals surface area contributed by atoms with Crippen LogP contribution in [0.5, 0.6) is 0 Å². The van der Waals surface area contributed by atoms with E-state index in [2.05, 4.69) is 15.0 Å². The second-order valence-corrected chi connectivity index (χ2v) is 3.86. The lowest BCUT2D eigenvalue weighted by molar-refractivity contribution is -0.0182. The molecule has 0 radical (unpaired) electrons. The SMILES string of the molecule is CC(C)(C)OCc1nc(N)nc(=O)[nH]1. The van der Waals surface area contributed by atoms with Crippen LogP contribution in [0.15, 0.2) is 4.79 Å². The van der Waals surface area contributed by atoms with Gasteiger partial charge in [-0.2, -0.15) is 9.97 Å². The summed E-state index contributed by atoms with van der Waals surface area (Å²) < 4.78 is 5.41. The minimum absolute atomic E-state index is 0.0405. The van der Waals surface area contributed by atoms with Gasteiger partial charge in [0.25, 0.3) is 0 Å². The highest BCUT2D eigenvalue weighted by Crippen LogP contribution is 2.08. The first-order chi connectivity index (χ1) is 6.37. The lowest BCUT2D eigenvalue weighted by Gasteiger charge is -2.18. The fourth-order valence-corrected chi connectivity index (χ4v) is 0.800. The Hall–Kier alpha value is -1.43. The highest BCUT2D eigenvalue weighted by atomic mass is 16.5. The number of H-pyrrole nitrogens is 1. The molecule has 0 aliphatic heterocycles. The van der Waals surface area contributed by atoms with Crippen LogP contribution in [0.25, 0.3) is 0 Å². The van der Waals surface area contributed by atoms with Crippen LogP contribution >= 0.6 is 0 Å². The maximum absolute atomic E-state index is 10.9. The quantitative estimate of drug-likeness (QED) is 0.700. The molecule has 0 amide bonds. The molecule has 6 heteroatoms. The molecule has 0 saturated carbocycles. The van der Waals surface area contributed by atoms with Crippen molar-refractivity contribution in [1.82, 2.24) is 15.0 Å². The van der Waals surface area contributed by atoms with E-state index in [-0.39, 0.29) is 18.2 Å². The molecule has 0 unspecified atom stereocenters. The Morgan fingerprint density at radius 3 is 2.57 bits per heavy atom. The highest BCUT2D eigenvalue weighted by molar-refractivity contribution is 5.12. The zero-order valence-corrected chi connectivity index (χ0v) is 8.50. The molecular weight excluding hydrogens is 184 g/mol. The third-order valence-corrected chi connectivity index (χ3v) is 1.36. The predicted molar refractivity (Wildman–Crippen MR) is 51.6 cm³/mol. The molecule has 1 aromatic rings. The number of ether oxygens (including phenoxy) is 1. The van der Waals surface area contributed by atoms with Gasteiger partial charge in [-0.3, -0.25) is 4.98 Å². The first kappa shape index (κ1) is 10.6. The number of nitrogen functional groups attached to an aromatic ring is 1. The maximum atomic E-state index is 10.9. The molecule has 0 aliphatic rings. The van der Waals surface area contributed by atoms with Crippen LogP contribution in [0.4, 0.5) is 5.95 Å². The van der Waals surface area contributed by atoms with Crippen molar-refractivity contribution in [3.05, 3.63) is 16.3 Å². The Bertz CT molecular complexity index is 366. The van der Waals surface area contributed by atoms with Crippen LogP contribution in [0, 0.1) is 0 Å². The first-order valence-electron chi connectivity index (χ1n) is 4.23. The summed E-state index contributed by atoms with van der Waals surface area (Å²) in [6.45, 7) is 5.95. The molecule has 1 heterocycles. The molecule has 3 N–H and O–H groups in total. The molecule has 78 valence electrons. The number of hydrogen-bond donors (Lipinski definition) is 2. The second kappa shape index (κ2) is 3.75. The van der Waals surface area contributed by atoms with E-state index >= 15 is 0 Å². The van der Waals surface area contributed by atoms with E-state index in [0.717, 1.165) is 0 Å². The number of nitrogens with one attached hydrogen (secondary N) is 1. The number of aromatic nitrogens is 3. The van der Waals surface area contributed by atoms with Crippen molar-refractivity contribution < 1.29 is 4.74 Å². The molecule has 14 heavy (non-hydrogen) atoms. The van der Waals surface area contributed by atoms with Gasteiger partial charge in [-0.15, -0.1) is 0 Å². The monoisotopic (exact) mass is 198 g/mol. The Balaban J connectivity index is 2.73.